The quantitative estimate of drug-likeness (QED) is 0.820. The number of nitrogens with zero attached hydrogens (tertiary/aromatic N) is 1. The summed E-state index contributed by atoms with van der Waals surface area (Å²) in [4.78, 5) is 13.4. The number of ketones is 1. The number of piperidine rings is 1. The van der Waals surface area contributed by atoms with Crippen molar-refractivity contribution in [2.75, 3.05) is 24.4 Å². The monoisotopic (exact) mass is 385 g/mol. The molecule has 1 saturated heterocycles. The molecule has 2 aliphatic heterocycles. The summed E-state index contributed by atoms with van der Waals surface area (Å²) in [6.07, 6.45) is 0.829. The summed E-state index contributed by atoms with van der Waals surface area (Å²) in [7, 11) is -1.57. The van der Waals surface area contributed by atoms with Crippen LogP contribution in [-0.4, -0.2) is 40.4 Å². The number of hydrogen-bond donors (Lipinski definition) is 1. The molecule has 0 amide bonds. The van der Waals surface area contributed by atoms with Gasteiger partial charge in [-0.25, -0.2) is 8.42 Å². The molecule has 0 aromatic heterocycles. The van der Waals surface area contributed by atoms with Crippen LogP contribution < -0.4 is 9.21 Å². The maximum absolute atomic E-state index is 13.6. The van der Waals surface area contributed by atoms with Crippen LogP contribution in [0.15, 0.2) is 47.4 Å². The van der Waals surface area contributed by atoms with E-state index in [1.807, 2.05) is 19.1 Å². The van der Waals surface area contributed by atoms with E-state index in [9.17, 15) is 13.2 Å². The predicted octanol–water partition coefficient (Wildman–Crippen LogP) is 1.78. The van der Waals surface area contributed by atoms with E-state index in [0.29, 0.717) is 5.56 Å². The lowest BCUT2D eigenvalue weighted by molar-refractivity contribution is -0.886. The molecular weight excluding hydrogens is 360 g/mol. The van der Waals surface area contributed by atoms with Crippen LogP contribution in [0.4, 0.5) is 5.69 Å². The van der Waals surface area contributed by atoms with Gasteiger partial charge < -0.3 is 4.90 Å². The maximum atomic E-state index is 13.6. The van der Waals surface area contributed by atoms with Crippen LogP contribution in [0.25, 0.3) is 0 Å². The van der Waals surface area contributed by atoms with Crippen molar-refractivity contribution >= 4 is 21.5 Å². The number of carbonyl (C=O) groups excluding carboxylic acids is 1. The Labute approximate surface area is 160 Å². The molecular formula is C21H25N2O3S+. The normalized spacial score (nSPS) is 24.4. The number of quaternary nitrogens is 1. The van der Waals surface area contributed by atoms with Gasteiger partial charge in [0.15, 0.2) is 5.78 Å². The lowest BCUT2D eigenvalue weighted by Gasteiger charge is -2.34. The van der Waals surface area contributed by atoms with Gasteiger partial charge in [0.1, 0.15) is 0 Å². The van der Waals surface area contributed by atoms with Crippen molar-refractivity contribution in [2.45, 2.75) is 37.1 Å². The molecule has 2 heterocycles. The van der Waals surface area contributed by atoms with Gasteiger partial charge in [-0.2, -0.15) is 0 Å². The second kappa shape index (κ2) is 6.46. The highest BCUT2D eigenvalue weighted by atomic mass is 32.2. The molecule has 0 spiro atoms. The zero-order valence-electron chi connectivity index (χ0n) is 15.9. The van der Waals surface area contributed by atoms with Crippen molar-refractivity contribution in [3.8, 4) is 0 Å². The first kappa shape index (κ1) is 18.2. The van der Waals surface area contributed by atoms with E-state index < -0.39 is 10.0 Å². The number of sulfonamides is 1. The third kappa shape index (κ3) is 2.97. The Kier molecular flexibility index (Phi) is 4.35. The molecule has 0 saturated carbocycles. The molecule has 5 nitrogen and oxygen atoms in total. The molecule has 0 aliphatic carbocycles. The average Bonchev–Trinajstić information content (AvgIpc) is 2.95. The molecule has 3 atom stereocenters. The Morgan fingerprint density at radius 2 is 1.96 bits per heavy atom. The van der Waals surface area contributed by atoms with Gasteiger partial charge in [0.25, 0.3) is 10.0 Å². The van der Waals surface area contributed by atoms with Crippen molar-refractivity contribution in [1.29, 1.82) is 0 Å². The number of aryl methyl sites for hydroxylation is 1. The predicted molar refractivity (Wildman–Crippen MR) is 105 cm³/mol. The molecule has 0 radical (unpaired) electrons. The lowest BCUT2D eigenvalue weighted by Crippen LogP contribution is -3.11. The average molecular weight is 386 g/mol. The second-order valence-corrected chi connectivity index (χ2v) is 9.64. The molecule has 27 heavy (non-hydrogen) atoms. The number of fused-ring (bicyclic) bond motifs is 3. The first-order chi connectivity index (χ1) is 12.8. The first-order valence-corrected chi connectivity index (χ1v) is 10.8. The molecule has 142 valence electrons. The molecule has 2 aliphatic rings. The Balaban J connectivity index is 1.85. The van der Waals surface area contributed by atoms with E-state index in [1.54, 1.807) is 22.5 Å². The molecule has 6 heteroatoms. The third-order valence-corrected chi connectivity index (χ3v) is 7.65. The van der Waals surface area contributed by atoms with E-state index in [1.165, 1.54) is 17.9 Å². The summed E-state index contributed by atoms with van der Waals surface area (Å²) in [6.45, 7) is 5.38. The number of nitrogens with one attached hydrogen (secondary N) is 1. The minimum atomic E-state index is -3.74. The molecule has 0 bridgehead atoms. The highest BCUT2D eigenvalue weighted by Gasteiger charge is 2.48. The SMILES string of the molecule is CC(=O)c1cccc(S(=O)(=O)N2c3ccc(C)cc3[C@H]3C[NH+](C)CC[C@@H]32)c1. The Bertz CT molecular complexity index is 1020. The minimum absolute atomic E-state index is 0.0588. The molecule has 1 unspecified atom stereocenters. The van der Waals surface area contributed by atoms with Crippen LogP contribution >= 0.6 is 0 Å². The smallest absolute Gasteiger partial charge is 0.264 e. The number of benzene rings is 2. The summed E-state index contributed by atoms with van der Waals surface area (Å²) in [5.74, 6) is 0.0738. The minimum Gasteiger partial charge on any atom is -0.337 e. The van der Waals surface area contributed by atoms with Crippen molar-refractivity contribution < 1.29 is 18.1 Å². The zero-order chi connectivity index (χ0) is 19.3. The zero-order valence-corrected chi connectivity index (χ0v) is 16.7. The van der Waals surface area contributed by atoms with Crippen LogP contribution in [0.3, 0.4) is 0 Å². The standard InChI is InChI=1S/C21H24N2O3S/c1-14-7-8-20-18(11-14)19-13-22(3)10-9-21(19)23(20)27(25,26)17-6-4-5-16(12-17)15(2)24/h4-8,11-12,19,21H,9-10,13H2,1-3H3/p+1/t19-,21+/m1/s1. The van der Waals surface area contributed by atoms with E-state index in [0.717, 1.165) is 36.3 Å². The van der Waals surface area contributed by atoms with Crippen molar-refractivity contribution in [3.63, 3.8) is 0 Å². The van der Waals surface area contributed by atoms with Crippen molar-refractivity contribution in [3.05, 3.63) is 59.2 Å². The number of likely N-dealkylation sites (tertiary alicyclic amines) is 1. The van der Waals surface area contributed by atoms with Gasteiger partial charge in [0.05, 0.1) is 42.7 Å². The van der Waals surface area contributed by atoms with Gasteiger partial charge in [-0.3, -0.25) is 9.10 Å². The maximum Gasteiger partial charge on any atom is 0.264 e. The fraction of sp³-hybridized carbons (Fsp3) is 0.381. The fourth-order valence-corrected chi connectivity index (χ4v) is 6.24. The van der Waals surface area contributed by atoms with Crippen LogP contribution in [0.2, 0.25) is 0 Å². The van der Waals surface area contributed by atoms with Gasteiger partial charge in [-0.15, -0.1) is 0 Å². The molecule has 2 aromatic carbocycles. The summed E-state index contributed by atoms with van der Waals surface area (Å²) < 4.78 is 28.8. The topological polar surface area (TPSA) is 58.9 Å². The van der Waals surface area contributed by atoms with E-state index in [4.69, 9.17) is 0 Å². The fourth-order valence-electron chi connectivity index (χ4n) is 4.45. The van der Waals surface area contributed by atoms with E-state index in [2.05, 4.69) is 13.1 Å². The van der Waals surface area contributed by atoms with Crippen LogP contribution in [-0.2, 0) is 10.0 Å². The number of Topliss-reactive ketones (excluding diaryl/α,β-unsaturated/α-hetero) is 1. The highest BCUT2D eigenvalue weighted by Crippen LogP contribution is 2.45. The van der Waals surface area contributed by atoms with Gasteiger partial charge in [-0.05, 0) is 37.6 Å². The Morgan fingerprint density at radius 1 is 1.19 bits per heavy atom. The number of hydrogen-bond acceptors (Lipinski definition) is 3. The Hall–Kier alpha value is -2.18. The largest absolute Gasteiger partial charge is 0.337 e. The van der Waals surface area contributed by atoms with Crippen LogP contribution in [0.1, 0.15) is 40.7 Å². The number of rotatable bonds is 3. The van der Waals surface area contributed by atoms with Crippen molar-refractivity contribution in [2.24, 2.45) is 0 Å². The van der Waals surface area contributed by atoms with Gasteiger partial charge >= 0.3 is 0 Å². The van der Waals surface area contributed by atoms with Crippen molar-refractivity contribution in [1.82, 2.24) is 0 Å². The van der Waals surface area contributed by atoms with E-state index in [-0.39, 0.29) is 22.6 Å². The first-order valence-electron chi connectivity index (χ1n) is 9.36. The summed E-state index contributed by atoms with van der Waals surface area (Å²) in [6, 6.07) is 12.4. The summed E-state index contributed by atoms with van der Waals surface area (Å²) >= 11 is 0. The number of carbonyl (C=O) groups is 1. The highest BCUT2D eigenvalue weighted by molar-refractivity contribution is 7.92. The van der Waals surface area contributed by atoms with Gasteiger partial charge in [0.2, 0.25) is 0 Å². The lowest BCUT2D eigenvalue weighted by atomic mass is 9.89. The number of anilines is 1. The van der Waals surface area contributed by atoms with E-state index >= 15 is 0 Å². The molecule has 1 fully saturated rings. The summed E-state index contributed by atoms with van der Waals surface area (Å²) in [5, 5.41) is 0. The second-order valence-electron chi connectivity index (χ2n) is 7.82. The van der Waals surface area contributed by atoms with Gasteiger partial charge in [-0.1, -0.05) is 29.8 Å². The number of likely N-dealkylation sites (N-methyl/N-ethyl adjacent to an activating group) is 1. The van der Waals surface area contributed by atoms with Crippen LogP contribution in [0.5, 0.6) is 0 Å². The molecule has 2 aromatic rings. The summed E-state index contributed by atoms with van der Waals surface area (Å²) in [5.41, 5.74) is 3.49. The van der Waals surface area contributed by atoms with Gasteiger partial charge in [0, 0.05) is 12.0 Å². The van der Waals surface area contributed by atoms with Crippen LogP contribution in [0, 0.1) is 6.92 Å². The third-order valence-electron chi connectivity index (χ3n) is 5.82. The molecule has 1 N–H and O–H groups in total. The Morgan fingerprint density at radius 3 is 2.70 bits per heavy atom. The molecule has 4 rings (SSSR count).